The number of ether oxygens (including phenoxy) is 1. The van der Waals surface area contributed by atoms with Gasteiger partial charge in [-0.2, -0.15) is 0 Å². The number of anilines is 1. The van der Waals surface area contributed by atoms with E-state index in [-0.39, 0.29) is 17.1 Å². The van der Waals surface area contributed by atoms with E-state index in [1.165, 1.54) is 30.3 Å². The highest BCUT2D eigenvalue weighted by molar-refractivity contribution is 6.03. The Morgan fingerprint density at radius 3 is 2.38 bits per heavy atom. The van der Waals surface area contributed by atoms with Crippen molar-refractivity contribution in [2.45, 2.75) is 6.42 Å². The molecule has 0 saturated heterocycles. The van der Waals surface area contributed by atoms with Gasteiger partial charge in [0.1, 0.15) is 23.0 Å². The minimum absolute atomic E-state index is 0.0191. The summed E-state index contributed by atoms with van der Waals surface area (Å²) in [5.74, 6) is -0.794. The van der Waals surface area contributed by atoms with Gasteiger partial charge in [0.15, 0.2) is 0 Å². The van der Waals surface area contributed by atoms with Crippen molar-refractivity contribution in [2.75, 3.05) is 19.0 Å². The number of pyridine rings is 1. The fraction of sp³-hybridized carbons (Fsp3) is 0.136. The second-order valence-corrected chi connectivity index (χ2v) is 6.16. The summed E-state index contributed by atoms with van der Waals surface area (Å²) in [6.07, 6.45) is 0.587. The van der Waals surface area contributed by atoms with E-state index in [4.69, 9.17) is 4.74 Å². The lowest BCUT2D eigenvalue weighted by Gasteiger charge is -2.09. The molecule has 0 bridgehead atoms. The monoisotopic (exact) mass is 393 g/mol. The second kappa shape index (κ2) is 9.45. The summed E-state index contributed by atoms with van der Waals surface area (Å²) in [6.45, 7) is 0.381. The number of para-hydroxylation sites is 2. The Morgan fingerprint density at radius 1 is 0.931 bits per heavy atom. The maximum atomic E-state index is 13.7. The average Bonchev–Trinajstić information content (AvgIpc) is 2.75. The fourth-order valence-electron chi connectivity index (χ4n) is 2.75. The molecule has 1 heterocycles. The molecule has 2 amide bonds. The molecule has 0 atom stereocenters. The molecule has 29 heavy (non-hydrogen) atoms. The number of carbonyl (C=O) groups is 2. The average molecular weight is 393 g/mol. The molecule has 6 nitrogen and oxygen atoms in total. The SMILES string of the molecule is COc1ccccc1CCNC(=O)c1cccc(C(=O)Nc2ccccc2F)n1. The van der Waals surface area contributed by atoms with E-state index in [0.29, 0.717) is 13.0 Å². The summed E-state index contributed by atoms with van der Waals surface area (Å²) >= 11 is 0. The van der Waals surface area contributed by atoms with Gasteiger partial charge in [0.25, 0.3) is 11.8 Å². The minimum Gasteiger partial charge on any atom is -0.496 e. The van der Waals surface area contributed by atoms with E-state index in [2.05, 4.69) is 15.6 Å². The van der Waals surface area contributed by atoms with Crippen molar-refractivity contribution in [2.24, 2.45) is 0 Å². The third kappa shape index (κ3) is 5.16. The minimum atomic E-state index is -0.598. The molecule has 0 spiro atoms. The van der Waals surface area contributed by atoms with Gasteiger partial charge in [0.05, 0.1) is 12.8 Å². The molecule has 1 aromatic heterocycles. The zero-order chi connectivity index (χ0) is 20.6. The van der Waals surface area contributed by atoms with Crippen LogP contribution in [0.5, 0.6) is 5.75 Å². The third-order valence-corrected chi connectivity index (χ3v) is 4.21. The fourth-order valence-corrected chi connectivity index (χ4v) is 2.75. The summed E-state index contributed by atoms with van der Waals surface area (Å²) in [5, 5.41) is 5.22. The highest BCUT2D eigenvalue weighted by atomic mass is 19.1. The predicted octanol–water partition coefficient (Wildman–Crippen LogP) is 3.45. The predicted molar refractivity (Wildman–Crippen MR) is 108 cm³/mol. The van der Waals surface area contributed by atoms with Crippen LogP contribution in [0.15, 0.2) is 66.7 Å². The molecular formula is C22H20FN3O3. The Balaban J connectivity index is 1.62. The van der Waals surface area contributed by atoms with Crippen LogP contribution in [0.25, 0.3) is 0 Å². The smallest absolute Gasteiger partial charge is 0.274 e. The molecule has 0 fully saturated rings. The Bertz CT molecular complexity index is 1020. The molecule has 7 heteroatoms. The highest BCUT2D eigenvalue weighted by Gasteiger charge is 2.14. The van der Waals surface area contributed by atoms with Crippen LogP contribution in [-0.4, -0.2) is 30.5 Å². The first-order valence-corrected chi connectivity index (χ1v) is 9.01. The lowest BCUT2D eigenvalue weighted by Crippen LogP contribution is -2.27. The van der Waals surface area contributed by atoms with E-state index in [9.17, 15) is 14.0 Å². The van der Waals surface area contributed by atoms with E-state index in [1.807, 2.05) is 24.3 Å². The topological polar surface area (TPSA) is 80.3 Å². The van der Waals surface area contributed by atoms with Gasteiger partial charge < -0.3 is 15.4 Å². The van der Waals surface area contributed by atoms with Crippen LogP contribution in [0.1, 0.15) is 26.5 Å². The van der Waals surface area contributed by atoms with Crippen molar-refractivity contribution in [3.63, 3.8) is 0 Å². The summed E-state index contributed by atoms with van der Waals surface area (Å²) < 4.78 is 19.0. The molecule has 148 valence electrons. The molecule has 0 unspecified atom stereocenters. The van der Waals surface area contributed by atoms with E-state index in [1.54, 1.807) is 19.2 Å². The number of methoxy groups -OCH3 is 1. The maximum absolute atomic E-state index is 13.7. The van der Waals surface area contributed by atoms with Crippen molar-refractivity contribution in [3.8, 4) is 5.75 Å². The molecule has 0 aliphatic carbocycles. The molecule has 0 aliphatic heterocycles. The molecule has 2 aromatic carbocycles. The zero-order valence-electron chi connectivity index (χ0n) is 15.8. The van der Waals surface area contributed by atoms with Gasteiger partial charge in [-0.1, -0.05) is 36.4 Å². The number of aromatic nitrogens is 1. The number of halogens is 1. The lowest BCUT2D eigenvalue weighted by atomic mass is 10.1. The number of nitrogens with zero attached hydrogens (tertiary/aromatic N) is 1. The first kappa shape index (κ1) is 20.0. The van der Waals surface area contributed by atoms with Gasteiger partial charge >= 0.3 is 0 Å². The first-order valence-electron chi connectivity index (χ1n) is 9.01. The molecule has 3 aromatic rings. The van der Waals surface area contributed by atoms with Crippen molar-refractivity contribution in [1.29, 1.82) is 0 Å². The Hall–Kier alpha value is -3.74. The quantitative estimate of drug-likeness (QED) is 0.644. The van der Waals surface area contributed by atoms with Gasteiger partial charge in [-0.3, -0.25) is 9.59 Å². The largest absolute Gasteiger partial charge is 0.496 e. The summed E-state index contributed by atoms with van der Waals surface area (Å²) in [5.41, 5.74) is 1.14. The van der Waals surface area contributed by atoms with Crippen molar-refractivity contribution in [1.82, 2.24) is 10.3 Å². The number of hydrogen-bond acceptors (Lipinski definition) is 4. The number of hydrogen-bond donors (Lipinski definition) is 2. The van der Waals surface area contributed by atoms with Gasteiger partial charge in [0.2, 0.25) is 0 Å². The van der Waals surface area contributed by atoms with Gasteiger partial charge in [-0.05, 0) is 42.3 Å². The number of benzene rings is 2. The normalized spacial score (nSPS) is 10.3. The van der Waals surface area contributed by atoms with Crippen LogP contribution in [-0.2, 0) is 6.42 Å². The van der Waals surface area contributed by atoms with Crippen molar-refractivity contribution in [3.05, 3.63) is 89.5 Å². The molecule has 2 N–H and O–H groups in total. The van der Waals surface area contributed by atoms with Crippen LogP contribution < -0.4 is 15.4 Å². The molecular weight excluding hydrogens is 373 g/mol. The molecule has 0 radical (unpaired) electrons. The number of amides is 2. The third-order valence-electron chi connectivity index (χ3n) is 4.21. The van der Waals surface area contributed by atoms with Crippen LogP contribution in [0, 0.1) is 5.82 Å². The molecule has 0 saturated carbocycles. The van der Waals surface area contributed by atoms with Crippen LogP contribution in [0.3, 0.4) is 0 Å². The van der Waals surface area contributed by atoms with Crippen LogP contribution >= 0.6 is 0 Å². The Morgan fingerprint density at radius 2 is 1.62 bits per heavy atom. The van der Waals surface area contributed by atoms with Crippen LogP contribution in [0.4, 0.5) is 10.1 Å². The van der Waals surface area contributed by atoms with Gasteiger partial charge in [-0.15, -0.1) is 0 Å². The number of carbonyl (C=O) groups excluding carboxylic acids is 2. The van der Waals surface area contributed by atoms with E-state index in [0.717, 1.165) is 11.3 Å². The first-order chi connectivity index (χ1) is 14.1. The standard InChI is InChI=1S/C22H20FN3O3/c1-29-20-12-5-2-7-15(20)13-14-24-21(27)18-10-6-11-19(25-18)22(28)26-17-9-4-3-8-16(17)23/h2-12H,13-14H2,1H3,(H,24,27)(H,26,28). The van der Waals surface area contributed by atoms with E-state index < -0.39 is 17.6 Å². The zero-order valence-corrected chi connectivity index (χ0v) is 15.8. The number of rotatable bonds is 7. The van der Waals surface area contributed by atoms with Crippen LogP contribution in [0.2, 0.25) is 0 Å². The summed E-state index contributed by atoms with van der Waals surface area (Å²) in [6, 6.07) is 17.9. The Labute approximate surface area is 167 Å². The van der Waals surface area contributed by atoms with Gasteiger partial charge in [-0.25, -0.2) is 9.37 Å². The lowest BCUT2D eigenvalue weighted by molar-refractivity contribution is 0.0949. The summed E-state index contributed by atoms with van der Waals surface area (Å²) in [7, 11) is 1.60. The highest BCUT2D eigenvalue weighted by Crippen LogP contribution is 2.17. The Kier molecular flexibility index (Phi) is 6.52. The second-order valence-electron chi connectivity index (χ2n) is 6.16. The molecule has 3 rings (SSSR count). The van der Waals surface area contributed by atoms with Gasteiger partial charge in [0, 0.05) is 6.54 Å². The molecule has 0 aliphatic rings. The van der Waals surface area contributed by atoms with E-state index >= 15 is 0 Å². The summed E-state index contributed by atoms with van der Waals surface area (Å²) in [4.78, 5) is 28.8. The maximum Gasteiger partial charge on any atom is 0.274 e. The van der Waals surface area contributed by atoms with Crippen molar-refractivity contribution < 1.29 is 18.7 Å². The number of nitrogens with one attached hydrogen (secondary N) is 2. The van der Waals surface area contributed by atoms with Crippen molar-refractivity contribution >= 4 is 17.5 Å².